The Morgan fingerprint density at radius 2 is 1.92 bits per heavy atom. The molecule has 0 aliphatic heterocycles. The minimum absolute atomic E-state index is 0.107. The molecule has 0 fully saturated rings. The summed E-state index contributed by atoms with van der Waals surface area (Å²) in [4.78, 5) is 10.6. The van der Waals surface area contributed by atoms with E-state index in [2.05, 4.69) is 20.8 Å². The third-order valence-corrected chi connectivity index (χ3v) is 1.34. The Labute approximate surface area is 74.0 Å². The monoisotopic (exact) mass is 174 g/mol. The molecular formula is C9H18O3. The van der Waals surface area contributed by atoms with Crippen molar-refractivity contribution in [1.29, 1.82) is 0 Å². The van der Waals surface area contributed by atoms with Crippen LogP contribution in [0.3, 0.4) is 0 Å². The zero-order valence-electron chi connectivity index (χ0n) is 8.51. The molecule has 0 saturated heterocycles. The molecule has 0 amide bonds. The van der Waals surface area contributed by atoms with Crippen LogP contribution in [0.2, 0.25) is 0 Å². The van der Waals surface area contributed by atoms with E-state index in [1.54, 1.807) is 7.11 Å². The van der Waals surface area contributed by atoms with Gasteiger partial charge in [-0.2, -0.15) is 0 Å². The Hall–Kier alpha value is -0.570. The summed E-state index contributed by atoms with van der Waals surface area (Å²) in [7, 11) is 1.54. The van der Waals surface area contributed by atoms with Gasteiger partial charge in [0.05, 0.1) is 0 Å². The summed E-state index contributed by atoms with van der Waals surface area (Å²) in [5.41, 5.74) is 0.107. The summed E-state index contributed by atoms with van der Waals surface area (Å²) in [6, 6.07) is 0. The summed E-state index contributed by atoms with van der Waals surface area (Å²) < 4.78 is 9.91. The second-order valence-electron chi connectivity index (χ2n) is 4.04. The smallest absolute Gasteiger partial charge is 0.304 e. The molecule has 0 aromatic heterocycles. The maximum atomic E-state index is 10.6. The van der Waals surface area contributed by atoms with Crippen LogP contribution in [0.25, 0.3) is 0 Å². The Balaban J connectivity index is 3.92. The molecule has 0 aliphatic rings. The summed E-state index contributed by atoms with van der Waals surface area (Å²) in [5, 5.41) is 0. The normalized spacial score (nSPS) is 14.1. The third kappa shape index (κ3) is 6.16. The average molecular weight is 174 g/mol. The van der Waals surface area contributed by atoms with Crippen molar-refractivity contribution >= 4 is 5.97 Å². The van der Waals surface area contributed by atoms with Crippen molar-refractivity contribution < 1.29 is 14.3 Å². The number of hydrogen-bond donors (Lipinski definition) is 0. The minimum atomic E-state index is -0.414. The Kier molecular flexibility index (Phi) is 4.24. The lowest BCUT2D eigenvalue weighted by Gasteiger charge is -2.24. The zero-order chi connectivity index (χ0) is 9.78. The van der Waals surface area contributed by atoms with Crippen LogP contribution in [0.15, 0.2) is 0 Å². The predicted molar refractivity (Wildman–Crippen MR) is 46.6 cm³/mol. The number of carbonyl (C=O) groups is 1. The topological polar surface area (TPSA) is 35.5 Å². The van der Waals surface area contributed by atoms with Gasteiger partial charge in [-0.3, -0.25) is 4.79 Å². The van der Waals surface area contributed by atoms with E-state index in [1.165, 1.54) is 6.92 Å². The lowest BCUT2D eigenvalue weighted by atomic mass is 9.92. The highest BCUT2D eigenvalue weighted by atomic mass is 16.7. The third-order valence-electron chi connectivity index (χ3n) is 1.34. The van der Waals surface area contributed by atoms with Crippen LogP contribution in [-0.4, -0.2) is 19.4 Å². The molecule has 0 rings (SSSR count). The first-order chi connectivity index (χ1) is 5.35. The number of carbonyl (C=O) groups excluding carboxylic acids is 1. The highest BCUT2D eigenvalue weighted by Gasteiger charge is 2.20. The van der Waals surface area contributed by atoms with E-state index in [0.29, 0.717) is 6.42 Å². The number of rotatable bonds is 3. The van der Waals surface area contributed by atoms with Gasteiger partial charge in [0.15, 0.2) is 0 Å². The van der Waals surface area contributed by atoms with Crippen molar-refractivity contribution in [2.75, 3.05) is 7.11 Å². The number of ether oxygens (including phenoxy) is 2. The fraction of sp³-hybridized carbons (Fsp3) is 0.889. The van der Waals surface area contributed by atoms with Crippen LogP contribution >= 0.6 is 0 Å². The maximum absolute atomic E-state index is 10.6. The van der Waals surface area contributed by atoms with Gasteiger partial charge in [-0.25, -0.2) is 0 Å². The standard InChI is InChI=1S/C9H18O3/c1-7(10)12-8(11-5)6-9(2,3)4/h8H,6H2,1-5H3. The van der Waals surface area contributed by atoms with Crippen molar-refractivity contribution in [2.45, 2.75) is 40.4 Å². The molecule has 0 radical (unpaired) electrons. The molecular weight excluding hydrogens is 156 g/mol. The number of methoxy groups -OCH3 is 1. The van der Waals surface area contributed by atoms with Crippen molar-refractivity contribution in [1.82, 2.24) is 0 Å². The zero-order valence-corrected chi connectivity index (χ0v) is 8.51. The molecule has 1 unspecified atom stereocenters. The SMILES string of the molecule is COC(CC(C)(C)C)OC(C)=O. The molecule has 3 heteroatoms. The van der Waals surface area contributed by atoms with Crippen molar-refractivity contribution in [3.8, 4) is 0 Å². The number of hydrogen-bond acceptors (Lipinski definition) is 3. The van der Waals surface area contributed by atoms with Gasteiger partial charge in [0, 0.05) is 20.5 Å². The first kappa shape index (κ1) is 11.4. The van der Waals surface area contributed by atoms with Gasteiger partial charge in [-0.1, -0.05) is 20.8 Å². The molecule has 1 atom stereocenters. The first-order valence-corrected chi connectivity index (χ1v) is 4.05. The van der Waals surface area contributed by atoms with Gasteiger partial charge in [0.2, 0.25) is 6.29 Å². The van der Waals surface area contributed by atoms with Gasteiger partial charge >= 0.3 is 5.97 Å². The van der Waals surface area contributed by atoms with E-state index in [1.807, 2.05) is 0 Å². The van der Waals surface area contributed by atoms with E-state index >= 15 is 0 Å². The van der Waals surface area contributed by atoms with Crippen LogP contribution < -0.4 is 0 Å². The summed E-state index contributed by atoms with van der Waals surface area (Å²) in [6.45, 7) is 7.60. The lowest BCUT2D eigenvalue weighted by molar-refractivity contribution is -0.175. The Morgan fingerprint density at radius 1 is 1.42 bits per heavy atom. The Morgan fingerprint density at radius 3 is 2.17 bits per heavy atom. The van der Waals surface area contributed by atoms with Crippen LogP contribution in [-0.2, 0) is 14.3 Å². The summed E-state index contributed by atoms with van der Waals surface area (Å²) in [6.07, 6.45) is 0.297. The van der Waals surface area contributed by atoms with E-state index < -0.39 is 6.29 Å². The van der Waals surface area contributed by atoms with Gasteiger partial charge in [-0.05, 0) is 5.41 Å². The first-order valence-electron chi connectivity index (χ1n) is 4.05. The molecule has 0 aromatic rings. The maximum Gasteiger partial charge on any atom is 0.304 e. The van der Waals surface area contributed by atoms with E-state index in [9.17, 15) is 4.79 Å². The van der Waals surface area contributed by atoms with Crippen LogP contribution in [0.5, 0.6) is 0 Å². The molecule has 3 nitrogen and oxygen atoms in total. The highest BCUT2D eigenvalue weighted by molar-refractivity contribution is 5.66. The van der Waals surface area contributed by atoms with Crippen molar-refractivity contribution in [2.24, 2.45) is 5.41 Å². The van der Waals surface area contributed by atoms with Gasteiger partial charge in [0.25, 0.3) is 0 Å². The fourth-order valence-electron chi connectivity index (χ4n) is 0.858. The molecule has 0 spiro atoms. The van der Waals surface area contributed by atoms with Crippen molar-refractivity contribution in [3.63, 3.8) is 0 Å². The Bertz CT molecular complexity index is 146. The molecule has 0 aromatic carbocycles. The fourth-order valence-corrected chi connectivity index (χ4v) is 0.858. The molecule has 12 heavy (non-hydrogen) atoms. The van der Waals surface area contributed by atoms with Crippen molar-refractivity contribution in [3.05, 3.63) is 0 Å². The van der Waals surface area contributed by atoms with Crippen LogP contribution in [0, 0.1) is 5.41 Å². The van der Waals surface area contributed by atoms with Gasteiger partial charge in [0.1, 0.15) is 0 Å². The second kappa shape index (κ2) is 4.45. The number of esters is 1. The van der Waals surface area contributed by atoms with Crippen LogP contribution in [0.1, 0.15) is 34.1 Å². The summed E-state index contributed by atoms with van der Waals surface area (Å²) >= 11 is 0. The summed E-state index contributed by atoms with van der Waals surface area (Å²) in [5.74, 6) is -0.300. The van der Waals surface area contributed by atoms with E-state index in [4.69, 9.17) is 9.47 Å². The predicted octanol–water partition coefficient (Wildman–Crippen LogP) is 1.96. The highest BCUT2D eigenvalue weighted by Crippen LogP contribution is 2.22. The quantitative estimate of drug-likeness (QED) is 0.484. The van der Waals surface area contributed by atoms with E-state index in [0.717, 1.165) is 0 Å². The van der Waals surface area contributed by atoms with E-state index in [-0.39, 0.29) is 11.4 Å². The molecule has 0 saturated carbocycles. The van der Waals surface area contributed by atoms with Crippen LogP contribution in [0.4, 0.5) is 0 Å². The van der Waals surface area contributed by atoms with Gasteiger partial charge in [-0.15, -0.1) is 0 Å². The molecule has 0 N–H and O–H groups in total. The molecule has 72 valence electrons. The average Bonchev–Trinajstić information content (AvgIpc) is 1.82. The second-order valence-corrected chi connectivity index (χ2v) is 4.04. The minimum Gasteiger partial charge on any atom is -0.436 e. The lowest BCUT2D eigenvalue weighted by Crippen LogP contribution is -2.24. The largest absolute Gasteiger partial charge is 0.436 e. The molecule has 0 heterocycles. The molecule has 0 bridgehead atoms. The molecule has 0 aliphatic carbocycles. The van der Waals surface area contributed by atoms with Gasteiger partial charge < -0.3 is 9.47 Å².